The fourth-order valence-corrected chi connectivity index (χ4v) is 5.76. The topological polar surface area (TPSA) is 82.8 Å². The van der Waals surface area contributed by atoms with Crippen LogP contribution in [0.3, 0.4) is 0 Å². The minimum absolute atomic E-state index is 0.368. The summed E-state index contributed by atoms with van der Waals surface area (Å²) in [5, 5.41) is 9.49. The van der Waals surface area contributed by atoms with Crippen LogP contribution in [-0.2, 0) is 16.6 Å². The Hall–Kier alpha value is -3.36. The summed E-state index contributed by atoms with van der Waals surface area (Å²) in [5.74, 6) is -0.539. The molecule has 1 N–H and O–H groups in total. The Kier molecular flexibility index (Phi) is 6.90. The number of piperazine rings is 1. The normalized spacial score (nSPS) is 15.7. The Bertz CT molecular complexity index is 1310. The first-order valence-electron chi connectivity index (χ1n) is 11.2. The van der Waals surface area contributed by atoms with Gasteiger partial charge < -0.3 is 10.0 Å². The minimum atomic E-state index is -4.15. The predicted molar refractivity (Wildman–Crippen MR) is 135 cm³/mol. The highest BCUT2D eigenvalue weighted by Gasteiger charge is 2.29. The van der Waals surface area contributed by atoms with Crippen molar-refractivity contribution in [1.29, 1.82) is 0 Å². The van der Waals surface area contributed by atoms with Crippen LogP contribution < -0.4 is 10.5 Å². The third-order valence-electron chi connectivity index (χ3n) is 6.22. The predicted octanol–water partition coefficient (Wildman–Crippen LogP) is 3.29. The number of rotatable bonds is 7. The molecule has 1 fully saturated rings. The van der Waals surface area contributed by atoms with Crippen molar-refractivity contribution in [3.63, 3.8) is 0 Å². The van der Waals surface area contributed by atoms with E-state index in [0.29, 0.717) is 21.6 Å². The highest BCUT2D eigenvalue weighted by Crippen LogP contribution is 2.26. The molecule has 2 heterocycles. The zero-order chi connectivity index (χ0) is 24.3. The Balaban J connectivity index is 1.51. The molecule has 0 bridgehead atoms. The van der Waals surface area contributed by atoms with Crippen molar-refractivity contribution in [3.05, 3.63) is 107 Å². The standard InChI is InChI=1S/C26H29N3O4S/c1-3-24(21-11-9-20(2)10-12-21)34(32,33)29-14-13-22(25(30)26(29)31)19-27-15-17-28(18-16-27)23-7-5-4-6-8-23/h3-14,24,30H,1,15-19H2,2H3. The van der Waals surface area contributed by atoms with Crippen molar-refractivity contribution >= 4 is 15.7 Å². The molecule has 0 radical (unpaired) electrons. The van der Waals surface area contributed by atoms with Gasteiger partial charge in [-0.2, -0.15) is 0 Å². The number of pyridine rings is 1. The molecule has 4 rings (SSSR count). The van der Waals surface area contributed by atoms with Crippen LogP contribution in [0.25, 0.3) is 0 Å². The monoisotopic (exact) mass is 479 g/mol. The Labute approximate surface area is 200 Å². The number of aryl methyl sites for hydroxylation is 1. The highest BCUT2D eigenvalue weighted by atomic mass is 32.2. The Morgan fingerprint density at radius 2 is 1.65 bits per heavy atom. The van der Waals surface area contributed by atoms with Gasteiger partial charge in [0.15, 0.2) is 5.75 Å². The van der Waals surface area contributed by atoms with Crippen LogP contribution in [0.1, 0.15) is 21.9 Å². The minimum Gasteiger partial charge on any atom is -0.503 e. The second-order valence-electron chi connectivity index (χ2n) is 8.50. The van der Waals surface area contributed by atoms with Crippen molar-refractivity contribution in [3.8, 4) is 5.75 Å². The summed E-state index contributed by atoms with van der Waals surface area (Å²) in [4.78, 5) is 17.3. The van der Waals surface area contributed by atoms with Crippen LogP contribution in [0.4, 0.5) is 5.69 Å². The SMILES string of the molecule is C=CC(c1ccc(C)cc1)S(=O)(=O)n1ccc(CN2CCN(c3ccccc3)CC2)c(O)c1=O. The first-order valence-corrected chi connectivity index (χ1v) is 12.7. The van der Waals surface area contributed by atoms with Crippen LogP contribution in [0.5, 0.6) is 5.75 Å². The molecular weight excluding hydrogens is 450 g/mol. The lowest BCUT2D eigenvalue weighted by Gasteiger charge is -2.36. The van der Waals surface area contributed by atoms with E-state index >= 15 is 0 Å². The van der Waals surface area contributed by atoms with Crippen LogP contribution in [0, 0.1) is 6.92 Å². The van der Waals surface area contributed by atoms with Crippen LogP contribution >= 0.6 is 0 Å². The number of aromatic nitrogens is 1. The molecule has 0 saturated carbocycles. The number of para-hydroxylation sites is 1. The van der Waals surface area contributed by atoms with E-state index in [9.17, 15) is 18.3 Å². The molecule has 34 heavy (non-hydrogen) atoms. The molecular formula is C26H29N3O4S. The van der Waals surface area contributed by atoms with E-state index in [1.807, 2.05) is 37.3 Å². The quantitative estimate of drug-likeness (QED) is 0.524. The van der Waals surface area contributed by atoms with Crippen molar-refractivity contribution in [2.75, 3.05) is 31.1 Å². The van der Waals surface area contributed by atoms with Crippen LogP contribution in [-0.4, -0.2) is 48.6 Å². The summed E-state index contributed by atoms with van der Waals surface area (Å²) in [6.07, 6.45) is 2.53. The molecule has 178 valence electrons. The highest BCUT2D eigenvalue weighted by molar-refractivity contribution is 7.90. The lowest BCUT2D eigenvalue weighted by molar-refractivity contribution is 0.246. The molecule has 3 aromatic rings. The van der Waals surface area contributed by atoms with Crippen LogP contribution in [0.2, 0.25) is 0 Å². The zero-order valence-electron chi connectivity index (χ0n) is 19.2. The molecule has 0 aliphatic carbocycles. The molecule has 1 aromatic heterocycles. The molecule has 1 atom stereocenters. The van der Waals surface area contributed by atoms with Gasteiger partial charge in [0.1, 0.15) is 5.25 Å². The van der Waals surface area contributed by atoms with Gasteiger partial charge in [-0.15, -0.1) is 6.58 Å². The van der Waals surface area contributed by atoms with Crippen molar-refractivity contribution in [2.24, 2.45) is 0 Å². The molecule has 1 saturated heterocycles. The maximum Gasteiger partial charge on any atom is 0.306 e. The molecule has 8 heteroatoms. The van der Waals surface area contributed by atoms with Crippen molar-refractivity contribution < 1.29 is 13.5 Å². The number of hydrogen-bond acceptors (Lipinski definition) is 6. The fourth-order valence-electron chi connectivity index (χ4n) is 4.23. The smallest absolute Gasteiger partial charge is 0.306 e. The number of aromatic hydroxyl groups is 1. The molecule has 1 unspecified atom stereocenters. The van der Waals surface area contributed by atoms with E-state index < -0.39 is 26.6 Å². The van der Waals surface area contributed by atoms with Crippen LogP contribution in [0.15, 0.2) is 84.3 Å². The van der Waals surface area contributed by atoms with Crippen molar-refractivity contribution in [1.82, 2.24) is 8.87 Å². The molecule has 7 nitrogen and oxygen atoms in total. The van der Waals surface area contributed by atoms with Crippen molar-refractivity contribution in [2.45, 2.75) is 18.7 Å². The Morgan fingerprint density at radius 3 is 2.26 bits per heavy atom. The van der Waals surface area contributed by atoms with Gasteiger partial charge in [0.05, 0.1) is 0 Å². The van der Waals surface area contributed by atoms with Gasteiger partial charge in [-0.3, -0.25) is 9.69 Å². The summed E-state index contributed by atoms with van der Waals surface area (Å²) in [7, 11) is -4.15. The Morgan fingerprint density at radius 1 is 1.00 bits per heavy atom. The van der Waals surface area contributed by atoms with E-state index in [2.05, 4.69) is 28.5 Å². The zero-order valence-corrected chi connectivity index (χ0v) is 20.0. The third kappa shape index (κ3) is 4.78. The number of nitrogens with zero attached hydrogens (tertiary/aromatic N) is 3. The lowest BCUT2D eigenvalue weighted by Crippen LogP contribution is -2.46. The summed E-state index contributed by atoms with van der Waals surface area (Å²) < 4.78 is 27.1. The van der Waals surface area contributed by atoms with E-state index in [-0.39, 0.29) is 0 Å². The first-order chi connectivity index (χ1) is 16.3. The second kappa shape index (κ2) is 9.87. The average Bonchev–Trinajstić information content (AvgIpc) is 2.84. The van der Waals surface area contributed by atoms with E-state index in [1.54, 1.807) is 12.1 Å². The largest absolute Gasteiger partial charge is 0.503 e. The van der Waals surface area contributed by atoms with E-state index in [1.165, 1.54) is 24.0 Å². The van der Waals surface area contributed by atoms with Gasteiger partial charge in [-0.1, -0.05) is 54.1 Å². The number of hydrogen-bond donors (Lipinski definition) is 1. The maximum absolute atomic E-state index is 13.3. The molecule has 1 aliphatic rings. The molecule has 0 amide bonds. The fraction of sp³-hybridized carbons (Fsp3) is 0.269. The van der Waals surface area contributed by atoms with Gasteiger partial charge in [0.2, 0.25) is 0 Å². The summed E-state index contributed by atoms with van der Waals surface area (Å²) in [6, 6.07) is 18.7. The molecule has 1 aliphatic heterocycles. The van der Waals surface area contributed by atoms with Gasteiger partial charge in [-0.25, -0.2) is 12.4 Å². The van der Waals surface area contributed by atoms with Gasteiger partial charge in [0.25, 0.3) is 10.0 Å². The first kappa shape index (κ1) is 23.8. The van der Waals surface area contributed by atoms with Gasteiger partial charge >= 0.3 is 5.56 Å². The maximum atomic E-state index is 13.3. The summed E-state index contributed by atoms with van der Waals surface area (Å²) in [5.41, 5.74) is 2.14. The van der Waals surface area contributed by atoms with Gasteiger partial charge in [-0.05, 0) is 30.7 Å². The third-order valence-corrected chi connectivity index (χ3v) is 8.16. The summed E-state index contributed by atoms with van der Waals surface area (Å²) in [6.45, 7) is 9.12. The lowest BCUT2D eigenvalue weighted by atomic mass is 10.1. The van der Waals surface area contributed by atoms with Gasteiger partial charge in [0, 0.05) is 50.2 Å². The van der Waals surface area contributed by atoms with E-state index in [0.717, 1.165) is 31.7 Å². The molecule has 2 aromatic carbocycles. The van der Waals surface area contributed by atoms with E-state index in [4.69, 9.17) is 0 Å². The average molecular weight is 480 g/mol. The number of benzene rings is 2. The second-order valence-corrected chi connectivity index (χ2v) is 10.4. The molecule has 0 spiro atoms. The number of anilines is 1. The summed E-state index contributed by atoms with van der Waals surface area (Å²) >= 11 is 0.